The van der Waals surface area contributed by atoms with Crippen molar-refractivity contribution in [1.29, 1.82) is 0 Å². The first kappa shape index (κ1) is 111. The van der Waals surface area contributed by atoms with Gasteiger partial charge in [-0.05, 0) is 240 Å². The van der Waals surface area contributed by atoms with E-state index in [9.17, 15) is 46.7 Å². The summed E-state index contributed by atoms with van der Waals surface area (Å²) in [6, 6.07) is 62.8. The van der Waals surface area contributed by atoms with Crippen molar-refractivity contribution < 1.29 is 94.1 Å². The Morgan fingerprint density at radius 3 is 1.47 bits per heavy atom. The zero-order valence-corrected chi connectivity index (χ0v) is 83.0. The summed E-state index contributed by atoms with van der Waals surface area (Å²) >= 11 is 18.7. The molecule has 8 aromatic carbocycles. The van der Waals surface area contributed by atoms with Gasteiger partial charge in [0, 0.05) is 42.9 Å². The molecule has 135 heavy (non-hydrogen) atoms. The second-order valence-electron chi connectivity index (χ2n) is 33.4. The Labute approximate surface area is 820 Å². The Balaban J connectivity index is 0.000000238. The summed E-state index contributed by atoms with van der Waals surface area (Å²) in [5.41, 5.74) is 11.5. The predicted octanol–water partition coefficient (Wildman–Crippen LogP) is 28.1. The van der Waals surface area contributed by atoms with Crippen LogP contribution in [0.4, 0.5) is 13.2 Å². The monoisotopic (exact) mass is 2010 g/mol. The van der Waals surface area contributed by atoms with Gasteiger partial charge in [0.2, 0.25) is 10.6 Å². The largest absolute Gasteiger partial charge is 0.488 e. The second-order valence-corrected chi connectivity index (χ2v) is 37.0. The zero-order chi connectivity index (χ0) is 100. The van der Waals surface area contributed by atoms with Crippen LogP contribution in [-0.2, 0) is 105 Å². The SMILES string of the molecule is C=C(C(=O)OCc1ccccc1)C(Cl)(Cl)Cl.C=C(C(=O)OCc1ccccc1)C(F)(F)F.C=C(C)C(=O)OC(C)(CCC)c1ccc2c(c1)OCO2.C=C(C)C(=O)OC(C)(CCC)c1ccccc1.C=C(C)C(=O)OC1(c2ccccc2)CCCC1.C=C(C)C(=O)OCc1cccc(I)c1.C=C(C)C(=O)Oc1ccc2c3c1C=CC1=CC=CC(=CC2)C13.C=Cc1ccc(OC(C)(C)C)cc1. The number of halogens is 7. The zero-order valence-electron chi connectivity index (χ0n) is 78.6. The maximum Gasteiger partial charge on any atom is 0.422 e. The van der Waals surface area contributed by atoms with Crippen LogP contribution in [0.2, 0.25) is 0 Å². The molecule has 0 saturated heterocycles. The van der Waals surface area contributed by atoms with Gasteiger partial charge >= 0.3 is 48.0 Å². The van der Waals surface area contributed by atoms with Gasteiger partial charge in [0.15, 0.2) is 11.5 Å². The van der Waals surface area contributed by atoms with Gasteiger partial charge in [-0.25, -0.2) is 33.6 Å². The molecule has 0 N–H and O–H groups in total. The summed E-state index contributed by atoms with van der Waals surface area (Å²) in [6.45, 7) is 50.6. The number of carbonyl (C=O) groups is 7. The lowest BCUT2D eigenvalue weighted by atomic mass is 9.71. The molecule has 13 rings (SSSR count). The van der Waals surface area contributed by atoms with Crippen LogP contribution in [0.15, 0.2) is 333 Å². The van der Waals surface area contributed by atoms with Crippen molar-refractivity contribution in [3.8, 4) is 23.0 Å². The second kappa shape index (κ2) is 53.1. The highest BCUT2D eigenvalue weighted by Crippen LogP contribution is 2.49. The van der Waals surface area contributed by atoms with Crippen molar-refractivity contribution in [3.05, 3.63) is 393 Å². The first-order chi connectivity index (χ1) is 63.7. The molecule has 3 atom stereocenters. The average Bonchev–Trinajstić information content (AvgIpc) is 1.31. The summed E-state index contributed by atoms with van der Waals surface area (Å²) < 4.78 is 88.6. The van der Waals surface area contributed by atoms with Gasteiger partial charge in [0.05, 0.1) is 5.57 Å². The molecule has 714 valence electrons. The van der Waals surface area contributed by atoms with E-state index in [0.29, 0.717) is 51.5 Å². The first-order valence-electron chi connectivity index (χ1n) is 43.6. The number of carbonyl (C=O) groups excluding carboxylic acids is 7. The van der Waals surface area contributed by atoms with Crippen molar-refractivity contribution in [1.82, 2.24) is 0 Å². The fraction of sp³-hybridized carbons (Fsp3) is 0.288. The predicted molar refractivity (Wildman–Crippen MR) is 538 cm³/mol. The standard InChI is InChI=1S/C20H16O2.C16H20O4.C15H18O2.C15H20O2.C12H16O.C11H9Cl3O2.C11H9F3O2.C11H11IO2/c1-12(2)20(21)22-17-11-9-15-7-6-13-4-3-5-14-8-10-16(17)19(15)18(13)14;1-5-8-16(4,20-15(17)11(2)3)12-6-7-13-14(9-12)19-10-18-13;1-12(2)14(16)17-15(10-6-7-11-15)13-8-4-3-5-9-13;1-5-11-15(4,17-14(16)12(2)3)13-9-7-6-8-10-13;1-5-10-6-8-11(9-7-10)13-12(2,3)4;2*1-8(11(12,13)14)10(15)16-7-9-5-3-2-4-6-9;1-8(2)11(13)14-7-9-4-3-5-10(12)6-9/h3-6,8-11,18H,1,7H2,2H3;6-7,9H,2,5,8,10H2,1,3-4H3;3-5,8-9H,1,6-7,10-11H2,2H3;6-10H,2,5,11H2,1,3-4H3;5-9H,1H2,2-4H3;2*2-6H,1,7H2;3-6H,1,7H2,2H3. The third kappa shape index (κ3) is 36.1. The lowest BCUT2D eigenvalue weighted by Gasteiger charge is -2.33. The van der Waals surface area contributed by atoms with Gasteiger partial charge in [-0.15, -0.1) is 0 Å². The number of hydrogen-bond donors (Lipinski definition) is 0. The van der Waals surface area contributed by atoms with Crippen LogP contribution in [0.5, 0.6) is 23.0 Å². The summed E-state index contributed by atoms with van der Waals surface area (Å²) in [6.07, 6.45) is 18.3. The van der Waals surface area contributed by atoms with Gasteiger partial charge in [0.25, 0.3) is 0 Å². The lowest BCUT2D eigenvalue weighted by Crippen LogP contribution is -2.29. The Hall–Kier alpha value is -12.3. The summed E-state index contributed by atoms with van der Waals surface area (Å²) in [7, 11) is 0. The number of ether oxygens (including phenoxy) is 10. The molecule has 8 aromatic rings. The molecule has 5 aliphatic rings. The summed E-state index contributed by atoms with van der Waals surface area (Å²) in [4.78, 5) is 80.6. The van der Waals surface area contributed by atoms with E-state index in [1.165, 1.54) is 22.3 Å². The van der Waals surface area contributed by atoms with Crippen LogP contribution in [-0.4, -0.2) is 64.1 Å². The number of benzene rings is 8. The van der Waals surface area contributed by atoms with Gasteiger partial charge in [-0.3, -0.25) is 0 Å². The van der Waals surface area contributed by atoms with Crippen molar-refractivity contribution >= 4 is 111 Å². The third-order valence-electron chi connectivity index (χ3n) is 20.7. The van der Waals surface area contributed by atoms with E-state index in [1.54, 1.807) is 65.0 Å². The molecule has 0 radical (unpaired) electrons. The van der Waals surface area contributed by atoms with Crippen molar-refractivity contribution in [2.45, 2.75) is 199 Å². The number of rotatable bonds is 26. The summed E-state index contributed by atoms with van der Waals surface area (Å²) in [5, 5.41) is 0. The molecule has 1 heterocycles. The molecule has 3 unspecified atom stereocenters. The van der Waals surface area contributed by atoms with Crippen LogP contribution in [0.25, 0.3) is 12.2 Å². The van der Waals surface area contributed by atoms with Gasteiger partial charge < -0.3 is 47.4 Å². The number of fused-ring (bicyclic) bond motifs is 1. The van der Waals surface area contributed by atoms with Crippen molar-refractivity contribution in [3.63, 3.8) is 0 Å². The summed E-state index contributed by atoms with van der Waals surface area (Å²) in [5.74, 6) is -0.660. The number of allylic oxidation sites excluding steroid dienone is 7. The van der Waals surface area contributed by atoms with Gasteiger partial charge in [-0.2, -0.15) is 13.2 Å². The lowest BCUT2D eigenvalue weighted by molar-refractivity contribution is -0.156. The quantitative estimate of drug-likeness (QED) is 0.0123. The average molecular weight is 2020 g/mol. The van der Waals surface area contributed by atoms with E-state index in [2.05, 4.69) is 136 Å². The highest BCUT2D eigenvalue weighted by atomic mass is 127. The molecule has 1 aliphatic heterocycles. The smallest absolute Gasteiger partial charge is 0.422 e. The minimum absolute atomic E-state index is 0.124. The molecule has 24 heteroatoms. The van der Waals surface area contributed by atoms with E-state index >= 15 is 0 Å². The van der Waals surface area contributed by atoms with E-state index in [4.69, 9.17) is 77.4 Å². The van der Waals surface area contributed by atoms with Crippen LogP contribution in [0, 0.1) is 3.57 Å². The Bertz CT molecular complexity index is 5570. The molecule has 0 bridgehead atoms. The number of alkyl halides is 6. The molecular weight excluding hydrogens is 1900 g/mol. The van der Waals surface area contributed by atoms with Crippen LogP contribution < -0.4 is 18.9 Å². The van der Waals surface area contributed by atoms with E-state index in [-0.39, 0.29) is 66.9 Å². The minimum atomic E-state index is -4.74. The molecule has 17 nitrogen and oxygen atoms in total. The Morgan fingerprint density at radius 2 is 0.985 bits per heavy atom. The topological polar surface area (TPSA) is 212 Å². The third-order valence-corrected chi connectivity index (χ3v) is 22.0. The maximum atomic E-state index is 12.0. The number of esters is 7. The number of hydrogen-bond acceptors (Lipinski definition) is 17. The van der Waals surface area contributed by atoms with E-state index in [1.807, 2.05) is 204 Å². The molecular formula is C111H119Cl3F3IO17. The highest BCUT2D eigenvalue weighted by molar-refractivity contribution is 14.1. The van der Waals surface area contributed by atoms with Crippen LogP contribution in [0.1, 0.15) is 196 Å². The molecule has 0 spiro atoms. The van der Waals surface area contributed by atoms with E-state index in [0.717, 1.165) is 112 Å². The van der Waals surface area contributed by atoms with Gasteiger partial charge in [0.1, 0.15) is 59.3 Å². The highest BCUT2D eigenvalue weighted by Gasteiger charge is 2.41. The normalized spacial score (nSPS) is 14.2. The fourth-order valence-corrected chi connectivity index (χ4v) is 14.4. The van der Waals surface area contributed by atoms with Crippen LogP contribution >= 0.6 is 57.4 Å². The minimum Gasteiger partial charge on any atom is -0.488 e. The van der Waals surface area contributed by atoms with E-state index < -0.39 is 44.3 Å². The van der Waals surface area contributed by atoms with Crippen molar-refractivity contribution in [2.75, 3.05) is 6.79 Å². The molecule has 1 fully saturated rings. The Kier molecular flexibility index (Phi) is 43.9. The van der Waals surface area contributed by atoms with Crippen molar-refractivity contribution in [2.24, 2.45) is 0 Å². The van der Waals surface area contributed by atoms with Crippen LogP contribution in [0.3, 0.4) is 0 Å². The maximum absolute atomic E-state index is 12.0. The fourth-order valence-electron chi connectivity index (χ4n) is 13.6. The van der Waals surface area contributed by atoms with Gasteiger partial charge in [-0.1, -0.05) is 314 Å². The molecule has 0 aromatic heterocycles. The molecule has 0 amide bonds. The first-order valence-corrected chi connectivity index (χ1v) is 45.8. The molecule has 4 aliphatic carbocycles. The molecule has 1 saturated carbocycles. The Morgan fingerprint density at radius 1 is 0.504 bits per heavy atom.